The summed E-state index contributed by atoms with van der Waals surface area (Å²) in [6.45, 7) is 5.40. The van der Waals surface area contributed by atoms with E-state index in [4.69, 9.17) is 0 Å². The summed E-state index contributed by atoms with van der Waals surface area (Å²) >= 11 is 0. The molecule has 0 N–H and O–H groups in total. The Kier molecular flexibility index (Phi) is 4.58. The molecule has 0 aromatic carbocycles. The predicted molar refractivity (Wildman–Crippen MR) is 66.5 cm³/mol. The molecule has 0 saturated heterocycles. The number of rotatable bonds is 4. The van der Waals surface area contributed by atoms with Crippen molar-refractivity contribution < 1.29 is 0 Å². The van der Waals surface area contributed by atoms with Gasteiger partial charge in [0.25, 0.3) is 0 Å². The van der Waals surface area contributed by atoms with Crippen molar-refractivity contribution in [2.75, 3.05) is 27.7 Å². The minimum Gasteiger partial charge on any atom is -0.359 e. The first-order valence-electron chi connectivity index (χ1n) is 5.95. The maximum absolute atomic E-state index is 4.41. The van der Waals surface area contributed by atoms with Crippen molar-refractivity contribution in [3.05, 3.63) is 0 Å². The fraction of sp³-hybridized carbons (Fsp3) is 0.917. The molecule has 1 rings (SSSR count). The van der Waals surface area contributed by atoms with Crippen LogP contribution in [0.1, 0.15) is 33.1 Å². The van der Waals surface area contributed by atoms with E-state index >= 15 is 0 Å². The summed E-state index contributed by atoms with van der Waals surface area (Å²) in [5.74, 6) is 1.22. The largest absolute Gasteiger partial charge is 0.359 e. The highest BCUT2D eigenvalue weighted by atomic mass is 15.2. The Labute approximate surface area is 94.2 Å². The molecule has 1 aliphatic rings. The normalized spacial score (nSPS) is 18.5. The average molecular weight is 211 g/mol. The first-order chi connectivity index (χ1) is 7.06. The van der Waals surface area contributed by atoms with Crippen molar-refractivity contribution in [2.45, 2.75) is 45.2 Å². The van der Waals surface area contributed by atoms with E-state index in [1.807, 2.05) is 7.05 Å². The Hall–Kier alpha value is -0.570. The Morgan fingerprint density at radius 2 is 1.93 bits per heavy atom. The SMILES string of the molecule is CN=C(CN(C)C(C)C)N(C)C1CCC1. The highest BCUT2D eigenvalue weighted by Crippen LogP contribution is 2.23. The lowest BCUT2D eigenvalue weighted by Crippen LogP contribution is -2.46. The van der Waals surface area contributed by atoms with Crippen molar-refractivity contribution in [2.24, 2.45) is 4.99 Å². The number of hydrogen-bond acceptors (Lipinski definition) is 2. The second-order valence-corrected chi connectivity index (χ2v) is 4.84. The van der Waals surface area contributed by atoms with Gasteiger partial charge in [0, 0.05) is 26.2 Å². The van der Waals surface area contributed by atoms with Crippen molar-refractivity contribution in [3.63, 3.8) is 0 Å². The topological polar surface area (TPSA) is 18.8 Å². The Bertz CT molecular complexity index is 219. The van der Waals surface area contributed by atoms with Crippen molar-refractivity contribution in [1.29, 1.82) is 0 Å². The van der Waals surface area contributed by atoms with E-state index in [9.17, 15) is 0 Å². The molecule has 3 nitrogen and oxygen atoms in total. The Balaban J connectivity index is 2.48. The van der Waals surface area contributed by atoms with Gasteiger partial charge in [0.05, 0.1) is 6.54 Å². The van der Waals surface area contributed by atoms with Gasteiger partial charge >= 0.3 is 0 Å². The first-order valence-corrected chi connectivity index (χ1v) is 5.95. The van der Waals surface area contributed by atoms with E-state index in [2.05, 4.69) is 42.7 Å². The molecule has 1 fully saturated rings. The van der Waals surface area contributed by atoms with Crippen LogP contribution in [0.15, 0.2) is 4.99 Å². The zero-order valence-electron chi connectivity index (χ0n) is 10.8. The van der Waals surface area contributed by atoms with E-state index in [1.165, 1.54) is 25.1 Å². The van der Waals surface area contributed by atoms with Crippen LogP contribution in [-0.2, 0) is 0 Å². The maximum Gasteiger partial charge on any atom is 0.113 e. The molecule has 1 saturated carbocycles. The van der Waals surface area contributed by atoms with Gasteiger partial charge in [-0.25, -0.2) is 0 Å². The third-order valence-corrected chi connectivity index (χ3v) is 3.56. The molecule has 0 aliphatic heterocycles. The molecule has 88 valence electrons. The fourth-order valence-electron chi connectivity index (χ4n) is 1.73. The van der Waals surface area contributed by atoms with Gasteiger partial charge in [-0.05, 0) is 40.2 Å². The van der Waals surface area contributed by atoms with E-state index in [0.29, 0.717) is 6.04 Å². The predicted octanol–water partition coefficient (Wildman–Crippen LogP) is 1.84. The van der Waals surface area contributed by atoms with Gasteiger partial charge in [0.2, 0.25) is 0 Å². The lowest BCUT2D eigenvalue weighted by atomic mass is 9.92. The van der Waals surface area contributed by atoms with Crippen LogP contribution in [0.3, 0.4) is 0 Å². The van der Waals surface area contributed by atoms with E-state index in [1.54, 1.807) is 0 Å². The van der Waals surface area contributed by atoms with E-state index in [0.717, 1.165) is 12.6 Å². The van der Waals surface area contributed by atoms with Crippen molar-refractivity contribution in [3.8, 4) is 0 Å². The van der Waals surface area contributed by atoms with E-state index < -0.39 is 0 Å². The van der Waals surface area contributed by atoms with E-state index in [-0.39, 0.29) is 0 Å². The van der Waals surface area contributed by atoms with Gasteiger partial charge in [-0.3, -0.25) is 9.89 Å². The molecule has 1 aliphatic carbocycles. The fourth-order valence-corrected chi connectivity index (χ4v) is 1.73. The maximum atomic E-state index is 4.41. The summed E-state index contributed by atoms with van der Waals surface area (Å²) in [5.41, 5.74) is 0. The first kappa shape index (κ1) is 12.5. The van der Waals surface area contributed by atoms with Crippen LogP contribution in [0.4, 0.5) is 0 Å². The molecule has 0 atom stereocenters. The van der Waals surface area contributed by atoms with Gasteiger partial charge < -0.3 is 4.90 Å². The van der Waals surface area contributed by atoms with Gasteiger partial charge in [0.1, 0.15) is 5.84 Å². The molecule has 3 heteroatoms. The molecule has 0 aromatic heterocycles. The third-order valence-electron chi connectivity index (χ3n) is 3.56. The summed E-state index contributed by atoms with van der Waals surface area (Å²) in [4.78, 5) is 9.11. The summed E-state index contributed by atoms with van der Waals surface area (Å²) in [7, 11) is 6.24. The van der Waals surface area contributed by atoms with Gasteiger partial charge in [0.15, 0.2) is 0 Å². The molecule has 0 unspecified atom stereocenters. The minimum absolute atomic E-state index is 0.580. The van der Waals surface area contributed by atoms with Crippen LogP contribution in [0.5, 0.6) is 0 Å². The zero-order valence-corrected chi connectivity index (χ0v) is 10.8. The highest BCUT2D eigenvalue weighted by Gasteiger charge is 2.24. The van der Waals surface area contributed by atoms with Gasteiger partial charge in [-0.2, -0.15) is 0 Å². The summed E-state index contributed by atoms with van der Waals surface area (Å²) < 4.78 is 0. The molecule has 0 amide bonds. The molecule has 0 spiro atoms. The molecule has 0 bridgehead atoms. The average Bonchev–Trinajstić information content (AvgIpc) is 2.10. The molecular formula is C12H25N3. The number of likely N-dealkylation sites (N-methyl/N-ethyl adjacent to an activating group) is 2. The number of amidine groups is 1. The van der Waals surface area contributed by atoms with Crippen molar-refractivity contribution >= 4 is 5.84 Å². The van der Waals surface area contributed by atoms with Gasteiger partial charge in [-0.1, -0.05) is 0 Å². The second-order valence-electron chi connectivity index (χ2n) is 4.84. The summed E-state index contributed by atoms with van der Waals surface area (Å²) in [6.07, 6.45) is 4.05. The van der Waals surface area contributed by atoms with Crippen molar-refractivity contribution in [1.82, 2.24) is 9.80 Å². The lowest BCUT2D eigenvalue weighted by Gasteiger charge is -2.38. The van der Waals surface area contributed by atoms with Crippen LogP contribution < -0.4 is 0 Å². The van der Waals surface area contributed by atoms with Crippen LogP contribution >= 0.6 is 0 Å². The molecular weight excluding hydrogens is 186 g/mol. The quantitative estimate of drug-likeness (QED) is 0.522. The Morgan fingerprint density at radius 3 is 2.27 bits per heavy atom. The number of hydrogen-bond donors (Lipinski definition) is 0. The van der Waals surface area contributed by atoms with Crippen LogP contribution in [-0.4, -0.2) is 55.4 Å². The summed E-state index contributed by atoms with van der Waals surface area (Å²) in [6, 6.07) is 1.32. The highest BCUT2D eigenvalue weighted by molar-refractivity contribution is 5.84. The smallest absolute Gasteiger partial charge is 0.113 e. The van der Waals surface area contributed by atoms with Gasteiger partial charge in [-0.15, -0.1) is 0 Å². The monoisotopic (exact) mass is 211 g/mol. The molecule has 0 radical (unpaired) electrons. The molecule has 0 aromatic rings. The third kappa shape index (κ3) is 3.20. The summed E-state index contributed by atoms with van der Waals surface area (Å²) in [5, 5.41) is 0. The minimum atomic E-state index is 0.580. The Morgan fingerprint density at radius 1 is 1.33 bits per heavy atom. The zero-order chi connectivity index (χ0) is 11.4. The number of nitrogens with zero attached hydrogens (tertiary/aromatic N) is 3. The standard InChI is InChI=1S/C12H25N3/c1-10(2)14(4)9-12(13-3)15(5)11-7-6-8-11/h10-11H,6-9H2,1-5H3. The van der Waals surface area contributed by atoms with Crippen LogP contribution in [0.2, 0.25) is 0 Å². The second kappa shape index (κ2) is 5.50. The molecule has 0 heterocycles. The lowest BCUT2D eigenvalue weighted by molar-refractivity contribution is 0.224. The van der Waals surface area contributed by atoms with Crippen LogP contribution in [0, 0.1) is 0 Å². The van der Waals surface area contributed by atoms with Crippen LogP contribution in [0.25, 0.3) is 0 Å². The molecule has 15 heavy (non-hydrogen) atoms. The number of aliphatic imine (C=N–C) groups is 1.